The SMILES string of the molecule is [2H]C([2H])([2H])n1c(=O)n(CCCCC(C)(C)F)c(=O)c2[nH]cnc21. The van der Waals surface area contributed by atoms with E-state index in [0.717, 1.165) is 4.57 Å². The Labute approximate surface area is 119 Å². The molecule has 0 aliphatic carbocycles. The quantitative estimate of drug-likeness (QED) is 0.843. The predicted molar refractivity (Wildman–Crippen MR) is 74.6 cm³/mol. The van der Waals surface area contributed by atoms with Gasteiger partial charge in [-0.05, 0) is 33.1 Å². The fraction of sp³-hybridized carbons (Fsp3) is 0.615. The van der Waals surface area contributed by atoms with Crippen LogP contribution in [0, 0.1) is 0 Å². The summed E-state index contributed by atoms with van der Waals surface area (Å²) in [7, 11) is 0. The first kappa shape index (κ1) is 10.8. The van der Waals surface area contributed by atoms with E-state index in [4.69, 9.17) is 4.11 Å². The molecule has 0 fully saturated rings. The number of aromatic nitrogens is 4. The zero-order valence-electron chi connectivity index (χ0n) is 14.4. The van der Waals surface area contributed by atoms with Crippen molar-refractivity contribution in [1.29, 1.82) is 0 Å². The van der Waals surface area contributed by atoms with Crippen LogP contribution in [0.15, 0.2) is 15.9 Å². The Hall–Kier alpha value is -1.92. The summed E-state index contributed by atoms with van der Waals surface area (Å²) in [5.74, 6) is 0. The number of nitrogens with zero attached hydrogens (tertiary/aromatic N) is 3. The van der Waals surface area contributed by atoms with E-state index < -0.39 is 23.9 Å². The van der Waals surface area contributed by atoms with Crippen LogP contribution in [0.5, 0.6) is 0 Å². The predicted octanol–water partition coefficient (Wildman–Crippen LogP) is 1.34. The van der Waals surface area contributed by atoms with Crippen molar-refractivity contribution in [3.05, 3.63) is 27.2 Å². The van der Waals surface area contributed by atoms with Crippen molar-refractivity contribution >= 4 is 11.2 Å². The van der Waals surface area contributed by atoms with Gasteiger partial charge in [-0.25, -0.2) is 14.2 Å². The largest absolute Gasteiger partial charge is 0.339 e. The number of halogens is 1. The van der Waals surface area contributed by atoms with Gasteiger partial charge in [-0.1, -0.05) is 0 Å². The highest BCUT2D eigenvalue weighted by Gasteiger charge is 2.15. The molecule has 2 heterocycles. The van der Waals surface area contributed by atoms with E-state index in [1.54, 1.807) is 0 Å². The van der Waals surface area contributed by atoms with Crippen molar-refractivity contribution < 1.29 is 8.50 Å². The number of aryl methyl sites for hydroxylation is 1. The van der Waals surface area contributed by atoms with Gasteiger partial charge in [-0.3, -0.25) is 13.9 Å². The number of unbranched alkanes of at least 4 members (excludes halogenated alkanes) is 1. The molecule has 0 aromatic carbocycles. The van der Waals surface area contributed by atoms with Crippen molar-refractivity contribution in [3.63, 3.8) is 0 Å². The maximum atomic E-state index is 13.4. The second kappa shape index (κ2) is 5.22. The third-order valence-electron chi connectivity index (χ3n) is 3.12. The normalized spacial score (nSPS) is 15.1. The molecule has 2 aromatic heterocycles. The van der Waals surface area contributed by atoms with Gasteiger partial charge in [0.2, 0.25) is 0 Å². The Balaban J connectivity index is 2.41. The smallest absolute Gasteiger partial charge is 0.332 e. The second-order valence-electron chi connectivity index (χ2n) is 5.35. The van der Waals surface area contributed by atoms with Crippen molar-refractivity contribution in [1.82, 2.24) is 19.1 Å². The molecule has 7 heteroatoms. The summed E-state index contributed by atoms with van der Waals surface area (Å²) >= 11 is 0. The number of alkyl halides is 1. The molecule has 0 saturated carbocycles. The van der Waals surface area contributed by atoms with Crippen LogP contribution in [0.2, 0.25) is 0 Å². The van der Waals surface area contributed by atoms with E-state index in [0.29, 0.717) is 23.8 Å². The van der Waals surface area contributed by atoms with Crippen LogP contribution in [0.4, 0.5) is 4.39 Å². The molecule has 1 N–H and O–H groups in total. The molecule has 20 heavy (non-hydrogen) atoms. The lowest BCUT2D eigenvalue weighted by Gasteiger charge is -2.13. The van der Waals surface area contributed by atoms with E-state index >= 15 is 0 Å². The zero-order chi connectivity index (χ0) is 17.4. The highest BCUT2D eigenvalue weighted by molar-refractivity contribution is 5.68. The first-order valence-electron chi connectivity index (χ1n) is 7.91. The van der Waals surface area contributed by atoms with Crippen molar-refractivity contribution in [3.8, 4) is 0 Å². The molecule has 2 aromatic rings. The van der Waals surface area contributed by atoms with Crippen LogP contribution in [0.25, 0.3) is 11.2 Å². The average Bonchev–Trinajstić information content (AvgIpc) is 2.83. The number of fused-ring (bicyclic) bond motifs is 1. The monoisotopic (exact) mass is 285 g/mol. The third kappa shape index (κ3) is 2.81. The summed E-state index contributed by atoms with van der Waals surface area (Å²) in [6.45, 7) is 0.189. The fourth-order valence-corrected chi connectivity index (χ4v) is 2.06. The number of aromatic amines is 1. The molecule has 0 aliphatic rings. The number of hydrogen-bond acceptors (Lipinski definition) is 3. The van der Waals surface area contributed by atoms with Crippen LogP contribution in [0.1, 0.15) is 37.2 Å². The Morgan fingerprint density at radius 2 is 2.20 bits per heavy atom. The standard InChI is InChI=1S/C13H19FN4O2/c1-13(2,14)6-4-5-7-18-11(19)9-10(16-8-15-9)17(3)12(18)20/h8H,4-7H2,1-3H3,(H,15,16)/i3D3. The van der Waals surface area contributed by atoms with E-state index in [1.165, 1.54) is 20.2 Å². The van der Waals surface area contributed by atoms with Crippen LogP contribution >= 0.6 is 0 Å². The highest BCUT2D eigenvalue weighted by atomic mass is 19.1. The van der Waals surface area contributed by atoms with E-state index in [-0.39, 0.29) is 17.7 Å². The Morgan fingerprint density at radius 3 is 2.85 bits per heavy atom. The minimum Gasteiger partial charge on any atom is -0.339 e. The van der Waals surface area contributed by atoms with Crippen LogP contribution in [-0.4, -0.2) is 24.8 Å². The maximum absolute atomic E-state index is 13.4. The van der Waals surface area contributed by atoms with Crippen molar-refractivity contribution in [2.45, 2.75) is 45.3 Å². The summed E-state index contributed by atoms with van der Waals surface area (Å²) in [4.78, 5) is 31.0. The molecule has 0 amide bonds. The van der Waals surface area contributed by atoms with Gasteiger partial charge in [0.15, 0.2) is 5.65 Å². The van der Waals surface area contributed by atoms with Crippen molar-refractivity contribution in [2.24, 2.45) is 6.98 Å². The highest BCUT2D eigenvalue weighted by Crippen LogP contribution is 2.17. The topological polar surface area (TPSA) is 72.7 Å². The van der Waals surface area contributed by atoms with Crippen LogP contribution in [-0.2, 0) is 13.5 Å². The van der Waals surface area contributed by atoms with Crippen molar-refractivity contribution in [2.75, 3.05) is 0 Å². The summed E-state index contributed by atoms with van der Waals surface area (Å²) in [6, 6.07) is 0. The van der Waals surface area contributed by atoms with Gasteiger partial charge in [0, 0.05) is 17.6 Å². The fourth-order valence-electron chi connectivity index (χ4n) is 2.06. The Kier molecular flexibility index (Phi) is 2.82. The lowest BCUT2D eigenvalue weighted by atomic mass is 10.0. The molecule has 0 unspecified atom stereocenters. The zero-order valence-corrected chi connectivity index (χ0v) is 11.4. The van der Waals surface area contributed by atoms with Gasteiger partial charge < -0.3 is 4.98 Å². The van der Waals surface area contributed by atoms with E-state index in [2.05, 4.69) is 9.97 Å². The Morgan fingerprint density at radius 1 is 1.45 bits per heavy atom. The van der Waals surface area contributed by atoms with Gasteiger partial charge in [-0.2, -0.15) is 0 Å². The third-order valence-corrected chi connectivity index (χ3v) is 3.12. The molecular formula is C13H19FN4O2. The molecule has 0 bridgehead atoms. The number of hydrogen-bond donors (Lipinski definition) is 1. The first-order valence-corrected chi connectivity index (χ1v) is 6.41. The van der Waals surface area contributed by atoms with Gasteiger partial charge in [0.25, 0.3) is 5.56 Å². The number of rotatable bonds is 5. The number of nitrogens with one attached hydrogen (secondary N) is 1. The lowest BCUT2D eigenvalue weighted by molar-refractivity contribution is 0.195. The minimum atomic E-state index is -2.75. The number of imidazole rings is 1. The maximum Gasteiger partial charge on any atom is 0.332 e. The summed E-state index contributed by atoms with van der Waals surface area (Å²) in [5.41, 5.74) is -3.11. The molecular weight excluding hydrogens is 263 g/mol. The molecule has 6 nitrogen and oxygen atoms in total. The van der Waals surface area contributed by atoms with Crippen LogP contribution in [0.3, 0.4) is 0 Å². The second-order valence-corrected chi connectivity index (χ2v) is 5.35. The van der Waals surface area contributed by atoms with Crippen LogP contribution < -0.4 is 11.2 Å². The van der Waals surface area contributed by atoms with E-state index in [1.807, 2.05) is 0 Å². The van der Waals surface area contributed by atoms with Gasteiger partial charge >= 0.3 is 5.69 Å². The molecule has 0 spiro atoms. The minimum absolute atomic E-state index is 0.0266. The summed E-state index contributed by atoms with van der Waals surface area (Å²) in [6.07, 6.45) is 2.33. The molecule has 2 rings (SSSR count). The lowest BCUT2D eigenvalue weighted by Crippen LogP contribution is -2.39. The molecule has 0 aliphatic heterocycles. The number of H-pyrrole nitrogens is 1. The molecule has 110 valence electrons. The van der Waals surface area contributed by atoms with Gasteiger partial charge in [0.1, 0.15) is 11.2 Å². The summed E-state index contributed by atoms with van der Waals surface area (Å²) in [5, 5.41) is 0. The first-order chi connectivity index (χ1) is 10.5. The van der Waals surface area contributed by atoms with E-state index in [9.17, 15) is 14.0 Å². The summed E-state index contributed by atoms with van der Waals surface area (Å²) < 4.78 is 37.2. The molecule has 0 atom stereocenters. The molecule has 0 saturated heterocycles. The Bertz CT molecular complexity index is 814. The van der Waals surface area contributed by atoms with Gasteiger partial charge in [0.05, 0.1) is 6.33 Å². The van der Waals surface area contributed by atoms with Gasteiger partial charge in [-0.15, -0.1) is 0 Å². The average molecular weight is 285 g/mol. The molecule has 0 radical (unpaired) electrons.